The Balaban J connectivity index is 1.62. The summed E-state index contributed by atoms with van der Waals surface area (Å²) in [6, 6.07) is 15.6. The van der Waals surface area contributed by atoms with Crippen LogP contribution in [-0.4, -0.2) is 33.6 Å². The van der Waals surface area contributed by atoms with Crippen molar-refractivity contribution in [3.05, 3.63) is 64.6 Å². The van der Waals surface area contributed by atoms with Crippen molar-refractivity contribution in [3.8, 4) is 5.75 Å². The van der Waals surface area contributed by atoms with Crippen molar-refractivity contribution in [1.82, 2.24) is 14.0 Å². The standard InChI is InChI=1S/C22H25N3O3/c1-3-23-19-7-4-5-8-20(19)25(22(23)27)15-21(26)24-14-6-9-18(24)16-10-12-17(28-2)13-11-16/h4-5,7-8,10-13,18H,3,6,9,14-15H2,1-2H3. The molecule has 1 aromatic heterocycles. The molecule has 0 spiro atoms. The second kappa shape index (κ2) is 7.54. The number of para-hydroxylation sites is 2. The Bertz CT molecular complexity index is 1050. The molecule has 28 heavy (non-hydrogen) atoms. The molecule has 1 aliphatic heterocycles. The van der Waals surface area contributed by atoms with Crippen LogP contribution in [0.3, 0.4) is 0 Å². The number of ether oxygens (including phenoxy) is 1. The first-order valence-electron chi connectivity index (χ1n) is 9.75. The molecule has 3 aromatic rings. The molecule has 1 aliphatic rings. The summed E-state index contributed by atoms with van der Waals surface area (Å²) in [6.07, 6.45) is 1.90. The van der Waals surface area contributed by atoms with Crippen molar-refractivity contribution in [2.24, 2.45) is 0 Å². The molecule has 1 unspecified atom stereocenters. The van der Waals surface area contributed by atoms with Gasteiger partial charge >= 0.3 is 5.69 Å². The van der Waals surface area contributed by atoms with Crippen LogP contribution in [0.5, 0.6) is 5.75 Å². The maximum absolute atomic E-state index is 13.1. The molecule has 0 saturated carbocycles. The third kappa shape index (κ3) is 3.09. The number of likely N-dealkylation sites (tertiary alicyclic amines) is 1. The number of carbonyl (C=O) groups is 1. The van der Waals surface area contributed by atoms with Gasteiger partial charge in [-0.15, -0.1) is 0 Å². The van der Waals surface area contributed by atoms with Gasteiger partial charge in [-0.3, -0.25) is 13.9 Å². The molecule has 1 atom stereocenters. The Morgan fingerprint density at radius 2 is 1.75 bits per heavy atom. The highest BCUT2D eigenvalue weighted by atomic mass is 16.5. The van der Waals surface area contributed by atoms with E-state index in [0.29, 0.717) is 6.54 Å². The average Bonchev–Trinajstić information content (AvgIpc) is 3.32. The van der Waals surface area contributed by atoms with Crippen molar-refractivity contribution >= 4 is 16.9 Å². The number of aryl methyl sites for hydroxylation is 1. The van der Waals surface area contributed by atoms with Gasteiger partial charge in [-0.25, -0.2) is 4.79 Å². The van der Waals surface area contributed by atoms with Crippen LogP contribution in [0.1, 0.15) is 31.4 Å². The van der Waals surface area contributed by atoms with Crippen LogP contribution in [0.15, 0.2) is 53.3 Å². The molecule has 0 N–H and O–H groups in total. The number of carbonyl (C=O) groups excluding carboxylic acids is 1. The number of benzene rings is 2. The number of methoxy groups -OCH3 is 1. The molecule has 0 aliphatic carbocycles. The second-order valence-corrected chi connectivity index (χ2v) is 7.12. The molecule has 146 valence electrons. The van der Waals surface area contributed by atoms with Crippen molar-refractivity contribution in [1.29, 1.82) is 0 Å². The molecule has 6 nitrogen and oxygen atoms in total. The summed E-state index contributed by atoms with van der Waals surface area (Å²) in [6.45, 7) is 3.31. The van der Waals surface area contributed by atoms with Gasteiger partial charge in [0.05, 0.1) is 24.2 Å². The number of imidazole rings is 1. The number of rotatable bonds is 5. The first-order chi connectivity index (χ1) is 13.6. The summed E-state index contributed by atoms with van der Waals surface area (Å²) >= 11 is 0. The normalized spacial score (nSPS) is 16.6. The van der Waals surface area contributed by atoms with Gasteiger partial charge in [0.25, 0.3) is 0 Å². The van der Waals surface area contributed by atoms with E-state index in [4.69, 9.17) is 4.74 Å². The van der Waals surface area contributed by atoms with Crippen LogP contribution in [0, 0.1) is 0 Å². The smallest absolute Gasteiger partial charge is 0.329 e. The quantitative estimate of drug-likeness (QED) is 0.684. The summed E-state index contributed by atoms with van der Waals surface area (Å²) in [4.78, 5) is 27.9. The number of nitrogens with zero attached hydrogens (tertiary/aromatic N) is 3. The Kier molecular flexibility index (Phi) is 4.94. The van der Waals surface area contributed by atoms with E-state index in [1.165, 1.54) is 0 Å². The van der Waals surface area contributed by atoms with E-state index < -0.39 is 0 Å². The van der Waals surface area contributed by atoms with Gasteiger partial charge in [0.15, 0.2) is 0 Å². The fourth-order valence-electron chi connectivity index (χ4n) is 4.19. The lowest BCUT2D eigenvalue weighted by molar-refractivity contribution is -0.132. The fraction of sp³-hybridized carbons (Fsp3) is 0.364. The van der Waals surface area contributed by atoms with Crippen molar-refractivity contribution in [3.63, 3.8) is 0 Å². The minimum atomic E-state index is -0.128. The SMILES string of the molecule is CCn1c(=O)n(CC(=O)N2CCCC2c2ccc(OC)cc2)c2ccccc21. The molecule has 1 amide bonds. The Morgan fingerprint density at radius 1 is 1.07 bits per heavy atom. The number of fused-ring (bicyclic) bond motifs is 1. The summed E-state index contributed by atoms with van der Waals surface area (Å²) in [5.74, 6) is 0.790. The van der Waals surface area contributed by atoms with Crippen LogP contribution in [0.2, 0.25) is 0 Å². The first-order valence-corrected chi connectivity index (χ1v) is 9.75. The lowest BCUT2D eigenvalue weighted by atomic mass is 10.0. The monoisotopic (exact) mass is 379 g/mol. The third-order valence-corrected chi connectivity index (χ3v) is 5.61. The highest BCUT2D eigenvalue weighted by Crippen LogP contribution is 2.33. The first kappa shape index (κ1) is 18.3. The van der Waals surface area contributed by atoms with E-state index in [9.17, 15) is 9.59 Å². The Morgan fingerprint density at radius 3 is 2.39 bits per heavy atom. The van der Waals surface area contributed by atoms with Gasteiger partial charge in [-0.05, 0) is 49.6 Å². The Labute approximate surface area is 163 Å². The van der Waals surface area contributed by atoms with Gasteiger partial charge in [0, 0.05) is 13.1 Å². The summed E-state index contributed by atoms with van der Waals surface area (Å²) < 4.78 is 8.55. The number of amides is 1. The zero-order chi connectivity index (χ0) is 19.7. The minimum absolute atomic E-state index is 0.0144. The second-order valence-electron chi connectivity index (χ2n) is 7.12. The maximum atomic E-state index is 13.1. The summed E-state index contributed by atoms with van der Waals surface area (Å²) in [5, 5.41) is 0. The topological polar surface area (TPSA) is 56.5 Å². The summed E-state index contributed by atoms with van der Waals surface area (Å²) in [7, 11) is 1.64. The highest BCUT2D eigenvalue weighted by Gasteiger charge is 2.30. The van der Waals surface area contributed by atoms with E-state index in [1.54, 1.807) is 16.2 Å². The average molecular weight is 379 g/mol. The predicted octanol–water partition coefficient (Wildman–Crippen LogP) is 3.20. The predicted molar refractivity (Wildman–Crippen MR) is 109 cm³/mol. The number of aromatic nitrogens is 2. The van der Waals surface area contributed by atoms with E-state index in [2.05, 4.69) is 0 Å². The fourth-order valence-corrected chi connectivity index (χ4v) is 4.19. The molecular weight excluding hydrogens is 354 g/mol. The van der Waals surface area contributed by atoms with Crippen LogP contribution in [0.4, 0.5) is 0 Å². The minimum Gasteiger partial charge on any atom is -0.497 e. The lowest BCUT2D eigenvalue weighted by Crippen LogP contribution is -2.36. The van der Waals surface area contributed by atoms with E-state index in [-0.39, 0.29) is 24.2 Å². The van der Waals surface area contributed by atoms with Gasteiger partial charge < -0.3 is 9.64 Å². The van der Waals surface area contributed by atoms with Crippen molar-refractivity contribution < 1.29 is 9.53 Å². The zero-order valence-electron chi connectivity index (χ0n) is 16.3. The number of hydrogen-bond acceptors (Lipinski definition) is 3. The molecular formula is C22H25N3O3. The number of hydrogen-bond donors (Lipinski definition) is 0. The molecule has 1 fully saturated rings. The van der Waals surface area contributed by atoms with Crippen molar-refractivity contribution in [2.45, 2.75) is 38.9 Å². The van der Waals surface area contributed by atoms with Gasteiger partial charge in [0.2, 0.25) is 5.91 Å². The molecule has 2 aromatic carbocycles. The van der Waals surface area contributed by atoms with Crippen molar-refractivity contribution in [2.75, 3.05) is 13.7 Å². The lowest BCUT2D eigenvalue weighted by Gasteiger charge is -2.25. The van der Waals surface area contributed by atoms with E-state index in [0.717, 1.165) is 41.7 Å². The maximum Gasteiger partial charge on any atom is 0.329 e. The van der Waals surface area contributed by atoms with Gasteiger partial charge in [-0.2, -0.15) is 0 Å². The molecule has 4 rings (SSSR count). The Hall–Kier alpha value is -3.02. The van der Waals surface area contributed by atoms with Crippen LogP contribution in [0.25, 0.3) is 11.0 Å². The molecule has 0 radical (unpaired) electrons. The van der Waals surface area contributed by atoms with E-state index >= 15 is 0 Å². The van der Waals surface area contributed by atoms with E-state index in [1.807, 2.05) is 60.4 Å². The highest BCUT2D eigenvalue weighted by molar-refractivity contribution is 5.81. The zero-order valence-corrected chi connectivity index (χ0v) is 16.3. The molecule has 2 heterocycles. The molecule has 1 saturated heterocycles. The molecule has 0 bridgehead atoms. The summed E-state index contributed by atoms with van der Waals surface area (Å²) in [5.41, 5.74) is 2.66. The van der Waals surface area contributed by atoms with Crippen LogP contribution < -0.4 is 10.4 Å². The largest absolute Gasteiger partial charge is 0.497 e. The van der Waals surface area contributed by atoms with Gasteiger partial charge in [0.1, 0.15) is 12.3 Å². The van der Waals surface area contributed by atoms with Crippen LogP contribution in [-0.2, 0) is 17.9 Å². The van der Waals surface area contributed by atoms with Crippen LogP contribution >= 0.6 is 0 Å². The third-order valence-electron chi connectivity index (χ3n) is 5.61. The van der Waals surface area contributed by atoms with Gasteiger partial charge in [-0.1, -0.05) is 24.3 Å². The molecule has 6 heteroatoms.